The molecule has 1 aliphatic rings. The second kappa shape index (κ2) is 7.07. The molecule has 1 aromatic heterocycles. The van der Waals surface area contributed by atoms with Gasteiger partial charge in [0.1, 0.15) is 6.10 Å². The first-order valence-corrected chi connectivity index (χ1v) is 7.75. The highest BCUT2D eigenvalue weighted by Gasteiger charge is 2.24. The molecule has 0 bridgehead atoms. The Balaban J connectivity index is 1.47. The van der Waals surface area contributed by atoms with E-state index in [-0.39, 0.29) is 18.1 Å². The monoisotopic (exact) mass is 296 g/mol. The van der Waals surface area contributed by atoms with E-state index in [1.54, 1.807) is 6.20 Å². The largest absolute Gasteiger partial charge is 0.474 e. The van der Waals surface area contributed by atoms with Crippen molar-refractivity contribution >= 4 is 5.91 Å². The number of aromatic nitrogens is 1. The van der Waals surface area contributed by atoms with Gasteiger partial charge in [0.25, 0.3) is 5.91 Å². The number of nitrogens with one attached hydrogen (secondary N) is 1. The number of amides is 1. The van der Waals surface area contributed by atoms with E-state index < -0.39 is 0 Å². The lowest BCUT2D eigenvalue weighted by Gasteiger charge is -2.29. The van der Waals surface area contributed by atoms with Crippen LogP contribution in [0.2, 0.25) is 0 Å². The molecule has 1 fully saturated rings. The van der Waals surface area contributed by atoms with Crippen LogP contribution in [0.5, 0.6) is 5.88 Å². The molecule has 0 saturated heterocycles. The molecule has 0 atom stereocenters. The highest BCUT2D eigenvalue weighted by atomic mass is 16.5. The molecule has 3 rings (SSSR count). The van der Waals surface area contributed by atoms with E-state index in [9.17, 15) is 4.79 Å². The number of hydrogen-bond donors (Lipinski definition) is 1. The van der Waals surface area contributed by atoms with Crippen LogP contribution in [-0.2, 0) is 0 Å². The van der Waals surface area contributed by atoms with Crippen LogP contribution >= 0.6 is 0 Å². The number of rotatable bonds is 4. The van der Waals surface area contributed by atoms with E-state index >= 15 is 0 Å². The van der Waals surface area contributed by atoms with Gasteiger partial charge in [0.05, 0.1) is 0 Å². The smallest absolute Gasteiger partial charge is 0.251 e. The van der Waals surface area contributed by atoms with Crippen LogP contribution < -0.4 is 10.1 Å². The van der Waals surface area contributed by atoms with Crippen LogP contribution in [0.1, 0.15) is 36.0 Å². The van der Waals surface area contributed by atoms with Crippen LogP contribution in [-0.4, -0.2) is 23.0 Å². The van der Waals surface area contributed by atoms with Gasteiger partial charge in [0.2, 0.25) is 5.88 Å². The van der Waals surface area contributed by atoms with Crippen molar-refractivity contribution in [1.82, 2.24) is 10.3 Å². The quantitative estimate of drug-likeness (QED) is 0.942. The summed E-state index contributed by atoms with van der Waals surface area (Å²) in [6.07, 6.45) is 5.69. The number of ether oxygens (including phenoxy) is 1. The van der Waals surface area contributed by atoms with Crippen molar-refractivity contribution in [2.75, 3.05) is 0 Å². The van der Waals surface area contributed by atoms with Gasteiger partial charge >= 0.3 is 0 Å². The van der Waals surface area contributed by atoms with Gasteiger partial charge in [-0.1, -0.05) is 24.3 Å². The summed E-state index contributed by atoms with van der Waals surface area (Å²) in [6.45, 7) is 0. The van der Waals surface area contributed by atoms with Gasteiger partial charge in [0, 0.05) is 23.9 Å². The van der Waals surface area contributed by atoms with Crippen molar-refractivity contribution in [2.45, 2.75) is 37.8 Å². The van der Waals surface area contributed by atoms with E-state index in [2.05, 4.69) is 10.3 Å². The lowest BCUT2D eigenvalue weighted by molar-refractivity contribution is 0.0890. The summed E-state index contributed by atoms with van der Waals surface area (Å²) < 4.78 is 5.87. The molecule has 1 aromatic carbocycles. The van der Waals surface area contributed by atoms with E-state index in [0.717, 1.165) is 25.7 Å². The maximum atomic E-state index is 12.1. The molecule has 0 spiro atoms. The Kier molecular flexibility index (Phi) is 4.68. The standard InChI is InChI=1S/C18H20N2O2/c21-18(14-6-2-1-3-7-14)20-15-9-11-16(12-10-15)22-17-8-4-5-13-19-17/h1-8,13,15-16H,9-12H2,(H,20,21). The minimum Gasteiger partial charge on any atom is -0.474 e. The molecule has 1 heterocycles. The predicted octanol–water partition coefficient (Wildman–Crippen LogP) is 3.20. The highest BCUT2D eigenvalue weighted by molar-refractivity contribution is 5.94. The van der Waals surface area contributed by atoms with Gasteiger partial charge in [-0.15, -0.1) is 0 Å². The number of carbonyl (C=O) groups is 1. The van der Waals surface area contributed by atoms with E-state index in [1.165, 1.54) is 0 Å². The third-order valence-electron chi connectivity index (χ3n) is 3.97. The van der Waals surface area contributed by atoms with Gasteiger partial charge in [-0.25, -0.2) is 4.98 Å². The Morgan fingerprint density at radius 3 is 2.41 bits per heavy atom. The Bertz CT molecular complexity index is 593. The molecule has 22 heavy (non-hydrogen) atoms. The first kappa shape index (κ1) is 14.6. The molecule has 114 valence electrons. The predicted molar refractivity (Wildman–Crippen MR) is 84.8 cm³/mol. The fraction of sp³-hybridized carbons (Fsp3) is 0.333. The van der Waals surface area contributed by atoms with Crippen LogP contribution in [0, 0.1) is 0 Å². The van der Waals surface area contributed by atoms with Crippen molar-refractivity contribution in [3.05, 3.63) is 60.3 Å². The molecular formula is C18H20N2O2. The van der Waals surface area contributed by atoms with E-state index in [4.69, 9.17) is 4.74 Å². The maximum absolute atomic E-state index is 12.1. The van der Waals surface area contributed by atoms with Crippen LogP contribution in [0.25, 0.3) is 0 Å². The number of benzene rings is 1. The van der Waals surface area contributed by atoms with E-state index in [1.807, 2.05) is 48.5 Å². The summed E-state index contributed by atoms with van der Waals surface area (Å²) in [5.74, 6) is 0.689. The van der Waals surface area contributed by atoms with Gasteiger partial charge in [0.15, 0.2) is 0 Å². The topological polar surface area (TPSA) is 51.2 Å². The SMILES string of the molecule is O=C(NC1CCC(Oc2ccccn2)CC1)c1ccccc1. The van der Waals surface area contributed by atoms with Crippen molar-refractivity contribution in [3.63, 3.8) is 0 Å². The zero-order valence-electron chi connectivity index (χ0n) is 12.4. The van der Waals surface area contributed by atoms with Gasteiger partial charge in [-0.05, 0) is 43.9 Å². The zero-order valence-corrected chi connectivity index (χ0v) is 12.4. The molecule has 0 radical (unpaired) electrons. The van der Waals surface area contributed by atoms with Gasteiger partial charge in [-0.2, -0.15) is 0 Å². The average Bonchev–Trinajstić information content (AvgIpc) is 2.58. The minimum atomic E-state index is 0.00898. The van der Waals surface area contributed by atoms with Crippen LogP contribution in [0.4, 0.5) is 0 Å². The Labute approximate surface area is 130 Å². The minimum absolute atomic E-state index is 0.00898. The Morgan fingerprint density at radius 1 is 1.00 bits per heavy atom. The Morgan fingerprint density at radius 2 is 1.73 bits per heavy atom. The number of nitrogens with zero attached hydrogens (tertiary/aromatic N) is 1. The summed E-state index contributed by atoms with van der Waals surface area (Å²) >= 11 is 0. The summed E-state index contributed by atoms with van der Waals surface area (Å²) in [5.41, 5.74) is 0.717. The van der Waals surface area contributed by atoms with Crippen molar-refractivity contribution in [2.24, 2.45) is 0 Å². The molecule has 2 aromatic rings. The molecule has 1 N–H and O–H groups in total. The fourth-order valence-electron chi connectivity index (χ4n) is 2.77. The molecule has 1 aliphatic carbocycles. The molecule has 4 nitrogen and oxygen atoms in total. The van der Waals surface area contributed by atoms with Crippen molar-refractivity contribution in [3.8, 4) is 5.88 Å². The van der Waals surface area contributed by atoms with Crippen LogP contribution in [0.3, 0.4) is 0 Å². The van der Waals surface area contributed by atoms with Crippen LogP contribution in [0.15, 0.2) is 54.7 Å². The summed E-state index contributed by atoms with van der Waals surface area (Å²) in [6, 6.07) is 15.3. The van der Waals surface area contributed by atoms with E-state index in [0.29, 0.717) is 11.4 Å². The maximum Gasteiger partial charge on any atom is 0.251 e. The summed E-state index contributed by atoms with van der Waals surface area (Å²) in [5, 5.41) is 3.11. The lowest BCUT2D eigenvalue weighted by Crippen LogP contribution is -2.39. The Hall–Kier alpha value is -2.36. The fourth-order valence-corrected chi connectivity index (χ4v) is 2.77. The average molecular weight is 296 g/mol. The second-order valence-corrected chi connectivity index (χ2v) is 5.60. The number of hydrogen-bond acceptors (Lipinski definition) is 3. The molecule has 0 aliphatic heterocycles. The third-order valence-corrected chi connectivity index (χ3v) is 3.97. The second-order valence-electron chi connectivity index (χ2n) is 5.60. The van der Waals surface area contributed by atoms with Gasteiger partial charge < -0.3 is 10.1 Å². The van der Waals surface area contributed by atoms with Gasteiger partial charge in [-0.3, -0.25) is 4.79 Å². The third kappa shape index (κ3) is 3.85. The molecule has 4 heteroatoms. The molecule has 1 saturated carbocycles. The molecule has 1 amide bonds. The van der Waals surface area contributed by atoms with Crippen molar-refractivity contribution < 1.29 is 9.53 Å². The molecule has 0 unspecified atom stereocenters. The number of carbonyl (C=O) groups excluding carboxylic acids is 1. The number of pyridine rings is 1. The normalized spacial score (nSPS) is 21.1. The molecular weight excluding hydrogens is 276 g/mol. The first-order chi connectivity index (χ1) is 10.8. The highest BCUT2D eigenvalue weighted by Crippen LogP contribution is 2.23. The summed E-state index contributed by atoms with van der Waals surface area (Å²) in [7, 11) is 0. The summed E-state index contributed by atoms with van der Waals surface area (Å²) in [4.78, 5) is 16.3. The lowest BCUT2D eigenvalue weighted by atomic mass is 9.92. The first-order valence-electron chi connectivity index (χ1n) is 7.75. The van der Waals surface area contributed by atoms with Crippen molar-refractivity contribution in [1.29, 1.82) is 0 Å². The zero-order chi connectivity index (χ0) is 15.2.